The first-order valence-corrected chi connectivity index (χ1v) is 8.27. The van der Waals surface area contributed by atoms with Crippen LogP contribution >= 0.6 is 0 Å². The zero-order chi connectivity index (χ0) is 18.1. The molecule has 0 radical (unpaired) electrons. The second-order valence-corrected chi connectivity index (χ2v) is 6.11. The van der Waals surface area contributed by atoms with Gasteiger partial charge >= 0.3 is 0 Å². The normalized spacial score (nSPS) is 25.7. The van der Waals surface area contributed by atoms with Crippen molar-refractivity contribution in [3.63, 3.8) is 0 Å². The first-order valence-electron chi connectivity index (χ1n) is 8.27. The second-order valence-electron chi connectivity index (χ2n) is 6.11. The van der Waals surface area contributed by atoms with Crippen molar-refractivity contribution in [2.24, 2.45) is 0 Å². The van der Waals surface area contributed by atoms with E-state index in [4.69, 9.17) is 4.74 Å². The lowest BCUT2D eigenvalue weighted by Gasteiger charge is -2.16. The molecule has 3 unspecified atom stereocenters. The van der Waals surface area contributed by atoms with Crippen LogP contribution in [0.1, 0.15) is 11.8 Å². The van der Waals surface area contributed by atoms with E-state index >= 15 is 0 Å². The summed E-state index contributed by atoms with van der Waals surface area (Å²) in [7, 11) is 0. The molecular formula is C17H19N5O4. The molecule has 4 atom stereocenters. The van der Waals surface area contributed by atoms with Crippen LogP contribution in [-0.4, -0.2) is 59.8 Å². The molecule has 9 nitrogen and oxygen atoms in total. The van der Waals surface area contributed by atoms with Crippen molar-refractivity contribution in [1.82, 2.24) is 19.5 Å². The summed E-state index contributed by atoms with van der Waals surface area (Å²) in [6.45, 7) is 0.188. The number of rotatable bonds is 5. The predicted octanol–water partition coefficient (Wildman–Crippen LogP) is 0.0499. The third kappa shape index (κ3) is 2.90. The second kappa shape index (κ2) is 6.96. The fourth-order valence-corrected chi connectivity index (χ4v) is 3.06. The summed E-state index contributed by atoms with van der Waals surface area (Å²) in [5.41, 5.74) is 2.09. The average Bonchev–Trinajstić information content (AvgIpc) is 3.23. The van der Waals surface area contributed by atoms with Gasteiger partial charge in [0.15, 0.2) is 23.2 Å². The SMILES string of the molecule is OC[C@H]1OC(n2cnc3c(NCc4ccccc4)ncnc32)C(O)C1O. The van der Waals surface area contributed by atoms with Crippen LogP contribution in [0.5, 0.6) is 0 Å². The number of fused-ring (bicyclic) bond motifs is 1. The van der Waals surface area contributed by atoms with Crippen LogP contribution in [-0.2, 0) is 11.3 Å². The van der Waals surface area contributed by atoms with E-state index in [1.807, 2.05) is 30.3 Å². The standard InChI is InChI=1S/C17H19N5O4/c23-7-11-13(24)14(25)17(26-11)22-9-21-12-15(19-8-20-16(12)22)18-6-10-4-2-1-3-5-10/h1-5,8-9,11,13-14,17,23-25H,6-7H2,(H,18,19,20)/t11-,13?,14?,17?/m1/s1. The average molecular weight is 357 g/mol. The van der Waals surface area contributed by atoms with E-state index in [2.05, 4.69) is 20.3 Å². The maximum atomic E-state index is 10.2. The first kappa shape index (κ1) is 16.9. The number of hydrogen-bond donors (Lipinski definition) is 4. The molecule has 1 aliphatic heterocycles. The lowest BCUT2D eigenvalue weighted by Crippen LogP contribution is -2.33. The number of aliphatic hydroxyl groups excluding tert-OH is 3. The van der Waals surface area contributed by atoms with Gasteiger partial charge in [-0.3, -0.25) is 4.57 Å². The van der Waals surface area contributed by atoms with Crippen molar-refractivity contribution in [2.75, 3.05) is 11.9 Å². The Balaban J connectivity index is 1.61. The number of aliphatic hydroxyl groups is 3. The molecule has 1 aromatic carbocycles. The molecule has 0 aliphatic carbocycles. The number of imidazole rings is 1. The van der Waals surface area contributed by atoms with Crippen molar-refractivity contribution in [3.05, 3.63) is 48.5 Å². The van der Waals surface area contributed by atoms with Crippen LogP contribution in [0.15, 0.2) is 43.0 Å². The topological polar surface area (TPSA) is 126 Å². The van der Waals surface area contributed by atoms with Crippen LogP contribution in [0.4, 0.5) is 5.82 Å². The molecule has 3 heterocycles. The van der Waals surface area contributed by atoms with Gasteiger partial charge in [-0.25, -0.2) is 15.0 Å². The highest BCUT2D eigenvalue weighted by atomic mass is 16.6. The molecule has 0 saturated carbocycles. The highest BCUT2D eigenvalue weighted by molar-refractivity contribution is 5.82. The van der Waals surface area contributed by atoms with Gasteiger partial charge in [0.2, 0.25) is 0 Å². The largest absolute Gasteiger partial charge is 0.394 e. The Hall–Kier alpha value is -2.59. The van der Waals surface area contributed by atoms with Gasteiger partial charge in [-0.15, -0.1) is 0 Å². The number of ether oxygens (including phenoxy) is 1. The summed E-state index contributed by atoms with van der Waals surface area (Å²) in [6.07, 6.45) is -1.24. The summed E-state index contributed by atoms with van der Waals surface area (Å²) in [5, 5.41) is 32.6. The summed E-state index contributed by atoms with van der Waals surface area (Å²) >= 11 is 0. The zero-order valence-electron chi connectivity index (χ0n) is 13.8. The Morgan fingerprint density at radius 3 is 2.62 bits per heavy atom. The van der Waals surface area contributed by atoms with E-state index < -0.39 is 24.5 Å². The van der Waals surface area contributed by atoms with Crippen molar-refractivity contribution in [3.8, 4) is 0 Å². The van der Waals surface area contributed by atoms with Crippen molar-refractivity contribution < 1.29 is 20.1 Å². The van der Waals surface area contributed by atoms with Gasteiger partial charge < -0.3 is 25.4 Å². The summed E-state index contributed by atoms with van der Waals surface area (Å²) in [5.74, 6) is 0.560. The van der Waals surface area contributed by atoms with E-state index in [-0.39, 0.29) is 6.61 Å². The smallest absolute Gasteiger partial charge is 0.167 e. The van der Waals surface area contributed by atoms with Crippen LogP contribution in [0.3, 0.4) is 0 Å². The van der Waals surface area contributed by atoms with Crippen molar-refractivity contribution in [2.45, 2.75) is 31.1 Å². The number of benzene rings is 1. The molecule has 136 valence electrons. The van der Waals surface area contributed by atoms with Gasteiger partial charge in [-0.2, -0.15) is 0 Å². The van der Waals surface area contributed by atoms with Crippen LogP contribution in [0, 0.1) is 0 Å². The third-order valence-electron chi connectivity index (χ3n) is 4.45. The highest BCUT2D eigenvalue weighted by Crippen LogP contribution is 2.32. The van der Waals surface area contributed by atoms with Gasteiger partial charge in [0, 0.05) is 6.54 Å². The maximum Gasteiger partial charge on any atom is 0.167 e. The molecule has 4 N–H and O–H groups in total. The molecule has 9 heteroatoms. The number of nitrogens with zero attached hydrogens (tertiary/aromatic N) is 4. The van der Waals surface area contributed by atoms with Gasteiger partial charge in [-0.05, 0) is 5.56 Å². The van der Waals surface area contributed by atoms with Crippen LogP contribution < -0.4 is 5.32 Å². The fraction of sp³-hybridized carbons (Fsp3) is 0.353. The van der Waals surface area contributed by atoms with Gasteiger partial charge in [0.1, 0.15) is 24.6 Å². The Labute approximate surface area is 148 Å². The quantitative estimate of drug-likeness (QED) is 0.505. The fourth-order valence-electron chi connectivity index (χ4n) is 3.06. The van der Waals surface area contributed by atoms with E-state index in [0.29, 0.717) is 23.5 Å². The predicted molar refractivity (Wildman–Crippen MR) is 92.1 cm³/mol. The van der Waals surface area contributed by atoms with E-state index in [1.54, 1.807) is 0 Å². The zero-order valence-corrected chi connectivity index (χ0v) is 13.8. The minimum Gasteiger partial charge on any atom is -0.394 e. The van der Waals surface area contributed by atoms with E-state index in [0.717, 1.165) is 5.56 Å². The molecule has 1 fully saturated rings. The number of hydrogen-bond acceptors (Lipinski definition) is 8. The Kier molecular flexibility index (Phi) is 4.51. The first-order chi connectivity index (χ1) is 12.7. The number of anilines is 1. The monoisotopic (exact) mass is 357 g/mol. The summed E-state index contributed by atoms with van der Waals surface area (Å²) < 4.78 is 7.08. The molecule has 2 aromatic heterocycles. The Morgan fingerprint density at radius 2 is 1.88 bits per heavy atom. The Bertz CT molecular complexity index is 887. The van der Waals surface area contributed by atoms with Gasteiger partial charge in [-0.1, -0.05) is 30.3 Å². The van der Waals surface area contributed by atoms with Crippen LogP contribution in [0.25, 0.3) is 11.2 Å². The maximum absolute atomic E-state index is 10.2. The molecule has 4 rings (SSSR count). The molecule has 0 amide bonds. The minimum absolute atomic E-state index is 0.389. The van der Waals surface area contributed by atoms with Crippen molar-refractivity contribution in [1.29, 1.82) is 0 Å². The highest BCUT2D eigenvalue weighted by Gasteiger charge is 2.44. The number of nitrogens with one attached hydrogen (secondary N) is 1. The number of aromatic nitrogens is 4. The van der Waals surface area contributed by atoms with Gasteiger partial charge in [0.05, 0.1) is 12.9 Å². The lowest BCUT2D eigenvalue weighted by atomic mass is 10.1. The van der Waals surface area contributed by atoms with Crippen LogP contribution in [0.2, 0.25) is 0 Å². The molecule has 1 aliphatic rings. The van der Waals surface area contributed by atoms with Crippen molar-refractivity contribution >= 4 is 17.0 Å². The molecular weight excluding hydrogens is 338 g/mol. The molecule has 1 saturated heterocycles. The summed E-state index contributed by atoms with van der Waals surface area (Å²) in [4.78, 5) is 12.8. The molecule has 0 bridgehead atoms. The minimum atomic E-state index is -1.19. The lowest BCUT2D eigenvalue weighted by molar-refractivity contribution is -0.0511. The van der Waals surface area contributed by atoms with Gasteiger partial charge in [0.25, 0.3) is 0 Å². The summed E-state index contributed by atoms with van der Waals surface area (Å²) in [6, 6.07) is 9.88. The molecule has 26 heavy (non-hydrogen) atoms. The molecule has 3 aromatic rings. The Morgan fingerprint density at radius 1 is 1.08 bits per heavy atom. The third-order valence-corrected chi connectivity index (χ3v) is 4.45. The molecule has 0 spiro atoms. The van der Waals surface area contributed by atoms with E-state index in [9.17, 15) is 15.3 Å². The van der Waals surface area contributed by atoms with E-state index in [1.165, 1.54) is 17.2 Å².